The van der Waals surface area contributed by atoms with Crippen molar-refractivity contribution in [2.45, 2.75) is 24.7 Å². The van der Waals surface area contributed by atoms with Crippen LogP contribution in [0.4, 0.5) is 4.79 Å². The van der Waals surface area contributed by atoms with E-state index in [9.17, 15) is 23.8 Å². The number of nitrogens with one attached hydrogen (secondary N) is 2. The van der Waals surface area contributed by atoms with Crippen LogP contribution in [0.3, 0.4) is 0 Å². The van der Waals surface area contributed by atoms with Crippen LogP contribution in [-0.2, 0) is 32.7 Å². The fraction of sp³-hybridized carbons (Fsp3) is 0.688. The molecule has 1 fully saturated rings. The average Bonchev–Trinajstić information content (AvgIpc) is 3.15. The number of amides is 4. The van der Waals surface area contributed by atoms with Crippen molar-refractivity contribution in [3.05, 3.63) is 12.2 Å². The third-order valence-corrected chi connectivity index (χ3v) is 5.69. The van der Waals surface area contributed by atoms with Gasteiger partial charge in [-0.25, -0.2) is 9.36 Å². The summed E-state index contributed by atoms with van der Waals surface area (Å²) in [5.41, 5.74) is 0. The third kappa shape index (κ3) is 6.08. The van der Waals surface area contributed by atoms with Crippen LogP contribution < -0.4 is 10.6 Å². The van der Waals surface area contributed by atoms with Gasteiger partial charge < -0.3 is 25.0 Å². The van der Waals surface area contributed by atoms with Gasteiger partial charge in [-0.1, -0.05) is 0 Å². The maximum Gasteiger partial charge on any atom is 0.472 e. The van der Waals surface area contributed by atoms with Gasteiger partial charge in [0.15, 0.2) is 0 Å². The lowest BCUT2D eigenvalue weighted by atomic mass is 10.1. The molecule has 0 spiro atoms. The summed E-state index contributed by atoms with van der Waals surface area (Å²) in [4.78, 5) is 45.9. The lowest BCUT2D eigenvalue weighted by molar-refractivity contribution is -0.136. The zero-order valence-corrected chi connectivity index (χ0v) is 17.3. The molecule has 29 heavy (non-hydrogen) atoms. The molecular formula is C16H26N3O9P. The first kappa shape index (κ1) is 23.5. The number of phosphoric ester groups is 1. The number of rotatable bonds is 10. The first-order valence-corrected chi connectivity index (χ1v) is 10.4. The molecule has 164 valence electrons. The maximum atomic E-state index is 12.2. The summed E-state index contributed by atoms with van der Waals surface area (Å²) in [5, 5.41) is 5.29. The van der Waals surface area contributed by atoms with Gasteiger partial charge in [-0.15, -0.1) is 0 Å². The topological polar surface area (TPSA) is 153 Å². The Morgan fingerprint density at radius 1 is 1.24 bits per heavy atom. The highest BCUT2D eigenvalue weighted by atomic mass is 31.2. The van der Waals surface area contributed by atoms with Gasteiger partial charge in [0.1, 0.15) is 12.2 Å². The molecule has 1 aliphatic heterocycles. The Kier molecular flexibility index (Phi) is 8.32. The fourth-order valence-corrected chi connectivity index (χ4v) is 4.09. The van der Waals surface area contributed by atoms with Crippen LogP contribution >= 0.6 is 7.82 Å². The predicted molar refractivity (Wildman–Crippen MR) is 98.7 cm³/mol. The molecule has 2 rings (SSSR count). The molecule has 0 aromatic heterocycles. The third-order valence-electron chi connectivity index (χ3n) is 4.72. The molecule has 0 bridgehead atoms. The average molecular weight is 435 g/mol. The number of ether oxygens (including phenoxy) is 2. The summed E-state index contributed by atoms with van der Waals surface area (Å²) in [6, 6.07) is -1.07. The number of urea groups is 1. The smallest absolute Gasteiger partial charge is 0.384 e. The van der Waals surface area contributed by atoms with Gasteiger partial charge in [-0.2, -0.15) is 0 Å². The first-order valence-electron chi connectivity index (χ1n) is 8.89. The standard InChI is InChI=1S/C16H26N3O9P/c1-25-9-10-8-11(15(26-2)14(10)28-29(23,24)27-3)18-16(22)17-6-7-19-12(20)4-5-13(19)21/h4-5,10-11,14-15H,6-9H2,1-3H3,(H,23,24)(H2,17,18,22)/t10-,11+,14?,15-/m1/s1. The van der Waals surface area contributed by atoms with E-state index >= 15 is 0 Å². The van der Waals surface area contributed by atoms with E-state index in [0.717, 1.165) is 12.0 Å². The molecule has 5 atom stereocenters. The maximum absolute atomic E-state index is 12.2. The van der Waals surface area contributed by atoms with Crippen molar-refractivity contribution in [2.24, 2.45) is 5.92 Å². The van der Waals surface area contributed by atoms with Crippen LogP contribution in [0.15, 0.2) is 12.2 Å². The molecule has 1 saturated carbocycles. The molecule has 1 aliphatic carbocycles. The molecular weight excluding hydrogens is 409 g/mol. The monoisotopic (exact) mass is 435 g/mol. The van der Waals surface area contributed by atoms with E-state index in [-0.39, 0.29) is 25.6 Å². The van der Waals surface area contributed by atoms with E-state index in [1.54, 1.807) is 0 Å². The van der Waals surface area contributed by atoms with Crippen LogP contribution in [0, 0.1) is 5.92 Å². The molecule has 0 aromatic rings. The van der Waals surface area contributed by atoms with Crippen LogP contribution in [0.2, 0.25) is 0 Å². The van der Waals surface area contributed by atoms with Gasteiger partial charge >= 0.3 is 13.9 Å². The van der Waals surface area contributed by atoms with E-state index < -0.39 is 43.9 Å². The molecule has 4 amide bonds. The van der Waals surface area contributed by atoms with E-state index in [1.165, 1.54) is 26.4 Å². The summed E-state index contributed by atoms with van der Waals surface area (Å²) < 4.78 is 32.1. The highest BCUT2D eigenvalue weighted by Gasteiger charge is 2.48. The molecule has 13 heteroatoms. The minimum absolute atomic E-state index is 0.0377. The van der Waals surface area contributed by atoms with E-state index in [0.29, 0.717) is 6.42 Å². The Morgan fingerprint density at radius 3 is 2.45 bits per heavy atom. The molecule has 0 saturated heterocycles. The number of imide groups is 1. The lowest BCUT2D eigenvalue weighted by Gasteiger charge is -2.27. The fourth-order valence-electron chi connectivity index (χ4n) is 3.40. The second-order valence-corrected chi connectivity index (χ2v) is 8.05. The molecule has 1 heterocycles. The van der Waals surface area contributed by atoms with E-state index in [4.69, 9.17) is 14.0 Å². The summed E-state index contributed by atoms with van der Waals surface area (Å²) in [7, 11) is -0.341. The van der Waals surface area contributed by atoms with Crippen molar-refractivity contribution in [3.63, 3.8) is 0 Å². The largest absolute Gasteiger partial charge is 0.472 e. The van der Waals surface area contributed by atoms with Gasteiger partial charge in [0.2, 0.25) is 0 Å². The van der Waals surface area contributed by atoms with Crippen molar-refractivity contribution in [1.29, 1.82) is 0 Å². The van der Waals surface area contributed by atoms with Crippen molar-refractivity contribution < 1.29 is 42.4 Å². The predicted octanol–water partition coefficient (Wildman–Crippen LogP) is -0.607. The number of phosphoric acid groups is 1. The Bertz CT molecular complexity index is 683. The molecule has 2 aliphatic rings. The Hall–Kier alpha value is -1.82. The van der Waals surface area contributed by atoms with Crippen molar-refractivity contribution in [3.8, 4) is 0 Å². The Morgan fingerprint density at radius 2 is 1.90 bits per heavy atom. The summed E-state index contributed by atoms with van der Waals surface area (Å²) in [6.45, 7) is 0.322. The van der Waals surface area contributed by atoms with Gasteiger partial charge in [0.05, 0.1) is 12.6 Å². The zero-order valence-electron chi connectivity index (χ0n) is 16.4. The molecule has 12 nitrogen and oxygen atoms in total. The van der Waals surface area contributed by atoms with Crippen LogP contribution in [0.25, 0.3) is 0 Å². The summed E-state index contributed by atoms with van der Waals surface area (Å²) in [5.74, 6) is -1.18. The Balaban J connectivity index is 1.92. The molecule has 3 N–H and O–H groups in total. The molecule has 2 unspecified atom stereocenters. The number of nitrogens with zero attached hydrogens (tertiary/aromatic N) is 1. The summed E-state index contributed by atoms with van der Waals surface area (Å²) >= 11 is 0. The highest BCUT2D eigenvalue weighted by molar-refractivity contribution is 7.47. The number of carbonyl (C=O) groups is 3. The second kappa shape index (κ2) is 10.3. The number of carbonyl (C=O) groups excluding carboxylic acids is 3. The first-order chi connectivity index (χ1) is 13.7. The van der Waals surface area contributed by atoms with E-state index in [2.05, 4.69) is 15.2 Å². The van der Waals surface area contributed by atoms with Crippen molar-refractivity contribution >= 4 is 25.7 Å². The van der Waals surface area contributed by atoms with Crippen LogP contribution in [-0.4, -0.2) is 86.9 Å². The Labute approximate surface area is 168 Å². The van der Waals surface area contributed by atoms with Gasteiger partial charge in [-0.05, 0) is 6.42 Å². The molecule has 0 radical (unpaired) electrons. The summed E-state index contributed by atoms with van der Waals surface area (Å²) in [6.07, 6.45) is 1.15. The minimum Gasteiger partial charge on any atom is -0.384 e. The van der Waals surface area contributed by atoms with Crippen molar-refractivity contribution in [1.82, 2.24) is 15.5 Å². The normalized spacial score (nSPS) is 28.6. The minimum atomic E-state index is -4.28. The van der Waals surface area contributed by atoms with Crippen LogP contribution in [0.1, 0.15) is 6.42 Å². The van der Waals surface area contributed by atoms with E-state index in [1.807, 2.05) is 0 Å². The highest BCUT2D eigenvalue weighted by Crippen LogP contribution is 2.48. The zero-order chi connectivity index (χ0) is 21.6. The lowest BCUT2D eigenvalue weighted by Crippen LogP contribution is -2.49. The second-order valence-electron chi connectivity index (χ2n) is 6.54. The van der Waals surface area contributed by atoms with Crippen LogP contribution in [0.5, 0.6) is 0 Å². The number of methoxy groups -OCH3 is 2. The van der Waals surface area contributed by atoms with Crippen molar-refractivity contribution in [2.75, 3.05) is 41.0 Å². The van der Waals surface area contributed by atoms with Gasteiger partial charge in [0, 0.05) is 52.5 Å². The number of hydrogen-bond donors (Lipinski definition) is 3. The number of hydrogen-bond acceptors (Lipinski definition) is 8. The molecule has 0 aromatic carbocycles. The SMILES string of the molecule is COC[C@H]1C[C@H](NC(=O)NCCN2C(=O)C=CC2=O)[C@@H](OC)C1OP(=O)(O)OC. The van der Waals surface area contributed by atoms with Gasteiger partial charge in [0.25, 0.3) is 11.8 Å². The van der Waals surface area contributed by atoms with Gasteiger partial charge in [-0.3, -0.25) is 23.5 Å². The quantitative estimate of drug-likeness (QED) is 0.301.